The zero-order valence-electron chi connectivity index (χ0n) is 6.25. The standard InChI is InChI=1S/C8H11NOS/c1-3-10-5-7(1)8-6-11-4-2-9-8/h1,3,5,8-9H,2,4,6H2. The summed E-state index contributed by atoms with van der Waals surface area (Å²) < 4.78 is 5.02. The first-order chi connectivity index (χ1) is 5.47. The summed E-state index contributed by atoms with van der Waals surface area (Å²) in [6.07, 6.45) is 3.56. The summed E-state index contributed by atoms with van der Waals surface area (Å²) in [6, 6.07) is 2.54. The van der Waals surface area contributed by atoms with Crippen LogP contribution in [0, 0.1) is 0 Å². The zero-order valence-corrected chi connectivity index (χ0v) is 7.06. The van der Waals surface area contributed by atoms with Gasteiger partial charge < -0.3 is 9.73 Å². The van der Waals surface area contributed by atoms with Crippen molar-refractivity contribution in [1.29, 1.82) is 0 Å². The quantitative estimate of drug-likeness (QED) is 0.692. The van der Waals surface area contributed by atoms with E-state index in [1.165, 1.54) is 17.1 Å². The topological polar surface area (TPSA) is 25.2 Å². The Labute approximate surface area is 70.4 Å². The Kier molecular flexibility index (Phi) is 2.19. The Morgan fingerprint density at radius 2 is 2.64 bits per heavy atom. The summed E-state index contributed by atoms with van der Waals surface area (Å²) in [6.45, 7) is 1.11. The van der Waals surface area contributed by atoms with Gasteiger partial charge in [0.25, 0.3) is 0 Å². The van der Waals surface area contributed by atoms with Gasteiger partial charge in [-0.05, 0) is 6.07 Å². The second kappa shape index (κ2) is 3.32. The number of furan rings is 1. The van der Waals surface area contributed by atoms with Crippen molar-refractivity contribution in [3.05, 3.63) is 24.2 Å². The smallest absolute Gasteiger partial charge is 0.0950 e. The normalized spacial score (nSPS) is 25.3. The van der Waals surface area contributed by atoms with Crippen LogP contribution >= 0.6 is 11.8 Å². The third-order valence-electron chi connectivity index (χ3n) is 1.87. The molecule has 1 unspecified atom stereocenters. The van der Waals surface area contributed by atoms with E-state index < -0.39 is 0 Å². The highest BCUT2D eigenvalue weighted by atomic mass is 32.2. The van der Waals surface area contributed by atoms with Crippen molar-refractivity contribution in [2.75, 3.05) is 18.1 Å². The molecule has 1 saturated heterocycles. The summed E-state index contributed by atoms with van der Waals surface area (Å²) >= 11 is 2.00. The highest BCUT2D eigenvalue weighted by Gasteiger charge is 2.15. The van der Waals surface area contributed by atoms with Gasteiger partial charge in [0.15, 0.2) is 0 Å². The minimum absolute atomic E-state index is 0.507. The largest absolute Gasteiger partial charge is 0.472 e. The van der Waals surface area contributed by atoms with Crippen LogP contribution in [0.5, 0.6) is 0 Å². The van der Waals surface area contributed by atoms with Crippen molar-refractivity contribution in [3.8, 4) is 0 Å². The van der Waals surface area contributed by atoms with Gasteiger partial charge in [-0.15, -0.1) is 0 Å². The molecule has 60 valence electrons. The molecular weight excluding hydrogens is 158 g/mol. The van der Waals surface area contributed by atoms with Crippen LogP contribution in [0.25, 0.3) is 0 Å². The van der Waals surface area contributed by atoms with Crippen molar-refractivity contribution in [2.24, 2.45) is 0 Å². The predicted molar refractivity (Wildman–Crippen MR) is 46.8 cm³/mol. The minimum Gasteiger partial charge on any atom is -0.472 e. The van der Waals surface area contributed by atoms with Gasteiger partial charge in [0.1, 0.15) is 0 Å². The molecule has 3 heteroatoms. The first kappa shape index (κ1) is 7.25. The first-order valence-electron chi connectivity index (χ1n) is 3.80. The lowest BCUT2D eigenvalue weighted by molar-refractivity contribution is 0.545. The molecule has 0 aromatic carbocycles. The van der Waals surface area contributed by atoms with Gasteiger partial charge in [-0.2, -0.15) is 11.8 Å². The average molecular weight is 169 g/mol. The molecule has 11 heavy (non-hydrogen) atoms. The lowest BCUT2D eigenvalue weighted by Crippen LogP contribution is -2.29. The maximum Gasteiger partial charge on any atom is 0.0950 e. The van der Waals surface area contributed by atoms with Crippen molar-refractivity contribution < 1.29 is 4.42 Å². The fraction of sp³-hybridized carbons (Fsp3) is 0.500. The van der Waals surface area contributed by atoms with Crippen LogP contribution in [0.4, 0.5) is 0 Å². The van der Waals surface area contributed by atoms with E-state index in [0.29, 0.717) is 6.04 Å². The van der Waals surface area contributed by atoms with Gasteiger partial charge in [-0.25, -0.2) is 0 Å². The Hall–Kier alpha value is -0.410. The molecule has 1 atom stereocenters. The second-order valence-electron chi connectivity index (χ2n) is 2.64. The summed E-state index contributed by atoms with van der Waals surface area (Å²) in [5, 5.41) is 3.44. The summed E-state index contributed by atoms with van der Waals surface area (Å²) in [4.78, 5) is 0. The van der Waals surface area contributed by atoms with E-state index in [-0.39, 0.29) is 0 Å². The molecule has 0 spiro atoms. The lowest BCUT2D eigenvalue weighted by atomic mass is 10.2. The van der Waals surface area contributed by atoms with Gasteiger partial charge in [-0.3, -0.25) is 0 Å². The van der Waals surface area contributed by atoms with E-state index in [1.807, 2.05) is 24.1 Å². The zero-order chi connectivity index (χ0) is 7.52. The fourth-order valence-corrected chi connectivity index (χ4v) is 2.23. The third-order valence-corrected chi connectivity index (χ3v) is 2.93. The van der Waals surface area contributed by atoms with E-state index in [2.05, 4.69) is 5.32 Å². The summed E-state index contributed by atoms with van der Waals surface area (Å²) in [5.41, 5.74) is 1.28. The molecule has 1 aliphatic heterocycles. The Balaban J connectivity index is 2.04. The molecule has 1 aromatic rings. The van der Waals surface area contributed by atoms with Gasteiger partial charge >= 0.3 is 0 Å². The van der Waals surface area contributed by atoms with Crippen LogP contribution in [-0.4, -0.2) is 18.1 Å². The van der Waals surface area contributed by atoms with E-state index in [1.54, 1.807) is 6.26 Å². The third kappa shape index (κ3) is 1.60. The Morgan fingerprint density at radius 3 is 3.27 bits per heavy atom. The van der Waals surface area contributed by atoms with Gasteiger partial charge in [-0.1, -0.05) is 0 Å². The van der Waals surface area contributed by atoms with Crippen LogP contribution in [0.15, 0.2) is 23.0 Å². The summed E-state index contributed by atoms with van der Waals surface area (Å²) in [7, 11) is 0. The maximum atomic E-state index is 5.02. The Morgan fingerprint density at radius 1 is 1.64 bits per heavy atom. The number of rotatable bonds is 1. The molecule has 1 aliphatic rings. The van der Waals surface area contributed by atoms with Gasteiger partial charge in [0.05, 0.1) is 12.5 Å². The van der Waals surface area contributed by atoms with Crippen LogP contribution in [-0.2, 0) is 0 Å². The van der Waals surface area contributed by atoms with Gasteiger partial charge in [0.2, 0.25) is 0 Å². The Bertz CT molecular complexity index is 204. The van der Waals surface area contributed by atoms with E-state index in [9.17, 15) is 0 Å². The number of hydrogen-bond acceptors (Lipinski definition) is 3. The molecule has 2 rings (SSSR count). The molecular formula is C8H11NOS. The molecule has 0 bridgehead atoms. The maximum absolute atomic E-state index is 5.02. The van der Waals surface area contributed by atoms with Crippen molar-refractivity contribution >= 4 is 11.8 Å². The summed E-state index contributed by atoms with van der Waals surface area (Å²) in [5.74, 6) is 2.40. The van der Waals surface area contributed by atoms with E-state index in [0.717, 1.165) is 6.54 Å². The molecule has 0 aliphatic carbocycles. The van der Waals surface area contributed by atoms with Crippen molar-refractivity contribution in [1.82, 2.24) is 5.32 Å². The van der Waals surface area contributed by atoms with Crippen LogP contribution < -0.4 is 5.32 Å². The first-order valence-corrected chi connectivity index (χ1v) is 4.95. The van der Waals surface area contributed by atoms with Crippen molar-refractivity contribution in [3.63, 3.8) is 0 Å². The highest BCUT2D eigenvalue weighted by molar-refractivity contribution is 7.99. The number of nitrogens with one attached hydrogen (secondary N) is 1. The van der Waals surface area contributed by atoms with Crippen molar-refractivity contribution in [2.45, 2.75) is 6.04 Å². The molecule has 0 radical (unpaired) electrons. The molecule has 1 aromatic heterocycles. The van der Waals surface area contributed by atoms with Gasteiger partial charge in [0, 0.05) is 29.7 Å². The van der Waals surface area contributed by atoms with E-state index >= 15 is 0 Å². The molecule has 2 nitrogen and oxygen atoms in total. The highest BCUT2D eigenvalue weighted by Crippen LogP contribution is 2.21. The van der Waals surface area contributed by atoms with Crippen LogP contribution in [0.2, 0.25) is 0 Å². The number of thioether (sulfide) groups is 1. The fourth-order valence-electron chi connectivity index (χ4n) is 1.25. The average Bonchev–Trinajstić information content (AvgIpc) is 2.58. The second-order valence-corrected chi connectivity index (χ2v) is 3.79. The molecule has 2 heterocycles. The lowest BCUT2D eigenvalue weighted by Gasteiger charge is -2.21. The predicted octanol–water partition coefficient (Wildman–Crippen LogP) is 1.66. The SMILES string of the molecule is c1cc(C2CSCCN2)co1. The monoisotopic (exact) mass is 169 g/mol. The molecule has 0 amide bonds. The minimum atomic E-state index is 0.507. The van der Waals surface area contributed by atoms with E-state index in [4.69, 9.17) is 4.42 Å². The molecule has 0 saturated carbocycles. The molecule has 1 fully saturated rings. The number of hydrogen-bond donors (Lipinski definition) is 1. The van der Waals surface area contributed by atoms with Crippen LogP contribution in [0.1, 0.15) is 11.6 Å². The molecule has 1 N–H and O–H groups in total. The van der Waals surface area contributed by atoms with Crippen LogP contribution in [0.3, 0.4) is 0 Å².